The summed E-state index contributed by atoms with van der Waals surface area (Å²) in [6, 6.07) is 18.1. The smallest absolute Gasteiger partial charge is 0.327 e. The van der Waals surface area contributed by atoms with Gasteiger partial charge in [-0.05, 0) is 36.4 Å². The van der Waals surface area contributed by atoms with Gasteiger partial charge in [-0.2, -0.15) is 0 Å². The Balaban J connectivity index is 1.58. The zero-order valence-electron chi connectivity index (χ0n) is 18.6. The van der Waals surface area contributed by atoms with Gasteiger partial charge < -0.3 is 26.0 Å². The zero-order chi connectivity index (χ0) is 25.3. The molecule has 0 saturated carbocycles. The fourth-order valence-corrected chi connectivity index (χ4v) is 2.87. The molecule has 2 amide bonds. The van der Waals surface area contributed by atoms with E-state index in [9.17, 15) is 19.0 Å². The first-order valence-electron chi connectivity index (χ1n) is 10.2. The Bertz CT molecular complexity index is 1260. The molecule has 3 rings (SSSR count). The van der Waals surface area contributed by atoms with Crippen molar-refractivity contribution in [3.63, 3.8) is 0 Å². The van der Waals surface area contributed by atoms with Crippen molar-refractivity contribution >= 4 is 42.4 Å². The van der Waals surface area contributed by atoms with Gasteiger partial charge in [0, 0.05) is 12.2 Å². The molecule has 0 aliphatic heterocycles. The summed E-state index contributed by atoms with van der Waals surface area (Å²) in [5.74, 6) is -0.399. The van der Waals surface area contributed by atoms with E-state index in [-0.39, 0.29) is 35.5 Å². The van der Waals surface area contributed by atoms with Crippen molar-refractivity contribution in [2.24, 2.45) is 10.2 Å². The summed E-state index contributed by atoms with van der Waals surface area (Å²) in [5.41, 5.74) is 6.93. The highest BCUT2D eigenvalue weighted by Crippen LogP contribution is 2.37. The van der Waals surface area contributed by atoms with Crippen molar-refractivity contribution in [2.45, 2.75) is 0 Å². The van der Waals surface area contributed by atoms with Crippen LogP contribution in [0.25, 0.3) is 0 Å². The Morgan fingerprint density at radius 1 is 1.03 bits per heavy atom. The fraction of sp³-hybridized carbons (Fsp3) is 0.136. The maximum absolute atomic E-state index is 12.1. The van der Waals surface area contributed by atoms with Crippen molar-refractivity contribution in [3.05, 3.63) is 72.3 Å². The molecule has 12 nitrogen and oxygen atoms in total. The number of nitrogens with two attached hydrogens (primary N) is 1. The number of hydrogen-bond donors (Lipinski definition) is 4. The van der Waals surface area contributed by atoms with Crippen LogP contribution in [0, 0.1) is 0 Å². The van der Waals surface area contributed by atoms with Gasteiger partial charge in [0.05, 0.1) is 6.54 Å². The molecule has 1 aromatic heterocycles. The number of azo groups is 1. The van der Waals surface area contributed by atoms with E-state index in [1.807, 2.05) is 0 Å². The van der Waals surface area contributed by atoms with Crippen LogP contribution >= 0.6 is 7.60 Å². The number of nitrogen functional groups attached to an aromatic ring is 1. The molecule has 1 unspecified atom stereocenters. The lowest BCUT2D eigenvalue weighted by Crippen LogP contribution is -2.33. The number of benzene rings is 2. The number of anilines is 2. The minimum atomic E-state index is -3.68. The van der Waals surface area contributed by atoms with Gasteiger partial charge in [0.2, 0.25) is 5.91 Å². The Kier molecular flexibility index (Phi) is 8.63. The van der Waals surface area contributed by atoms with Crippen LogP contribution in [0.3, 0.4) is 0 Å². The first-order chi connectivity index (χ1) is 16.7. The highest BCUT2D eigenvalue weighted by atomic mass is 31.2. The van der Waals surface area contributed by atoms with E-state index in [2.05, 4.69) is 25.8 Å². The number of carbonyl (C=O) groups excluding carboxylic acids is 2. The monoisotopic (exact) mass is 498 g/mol. The lowest BCUT2D eigenvalue weighted by atomic mass is 10.2. The molecule has 0 fully saturated rings. The molecule has 0 spiro atoms. The van der Waals surface area contributed by atoms with E-state index in [1.54, 1.807) is 54.6 Å². The number of nitrogens with one attached hydrogen (secondary N) is 2. The topological polar surface area (TPSA) is 178 Å². The molecule has 0 radical (unpaired) electrons. The average molecular weight is 498 g/mol. The third-order valence-corrected chi connectivity index (χ3v) is 4.84. The second-order valence-electron chi connectivity index (χ2n) is 7.06. The Morgan fingerprint density at radius 3 is 2.43 bits per heavy atom. The van der Waals surface area contributed by atoms with Crippen molar-refractivity contribution in [2.75, 3.05) is 31.1 Å². The second kappa shape index (κ2) is 11.8. The van der Waals surface area contributed by atoms with E-state index >= 15 is 0 Å². The zero-order valence-corrected chi connectivity index (χ0v) is 19.5. The summed E-state index contributed by atoms with van der Waals surface area (Å²) in [7, 11) is -3.68. The number of ether oxygens (including phenoxy) is 1. The van der Waals surface area contributed by atoms with Crippen molar-refractivity contribution < 1.29 is 28.3 Å². The predicted molar refractivity (Wildman–Crippen MR) is 129 cm³/mol. The number of nitrogens with zero attached hydrogens (tertiary/aromatic N) is 3. The minimum absolute atomic E-state index is 0.00815. The van der Waals surface area contributed by atoms with Crippen LogP contribution < -0.4 is 21.1 Å². The molecule has 0 saturated heterocycles. The number of carbonyl (C=O) groups is 2. The minimum Gasteiger partial charge on any atom is -0.465 e. The van der Waals surface area contributed by atoms with Crippen LogP contribution in [0.2, 0.25) is 0 Å². The number of hydrogen-bond acceptors (Lipinski definition) is 9. The Hall–Kier alpha value is -4.12. The van der Waals surface area contributed by atoms with Gasteiger partial charge in [-0.1, -0.05) is 30.3 Å². The molecule has 0 bridgehead atoms. The number of amides is 2. The maximum atomic E-state index is 12.1. The summed E-state index contributed by atoms with van der Waals surface area (Å²) in [6.45, 7) is 0.354. The average Bonchev–Trinajstić information content (AvgIpc) is 2.82. The number of pyridine rings is 1. The summed E-state index contributed by atoms with van der Waals surface area (Å²) in [4.78, 5) is 37.4. The predicted octanol–water partition coefficient (Wildman–Crippen LogP) is 3.62. The van der Waals surface area contributed by atoms with E-state index in [1.165, 1.54) is 12.1 Å². The van der Waals surface area contributed by atoms with Gasteiger partial charge in [0.15, 0.2) is 12.6 Å². The quantitative estimate of drug-likeness (QED) is 0.186. The molecular weight excluding hydrogens is 475 g/mol. The Morgan fingerprint density at radius 2 is 1.71 bits per heavy atom. The molecule has 182 valence electrons. The third kappa shape index (κ3) is 8.31. The van der Waals surface area contributed by atoms with E-state index < -0.39 is 20.3 Å². The van der Waals surface area contributed by atoms with Gasteiger partial charge in [-0.15, -0.1) is 10.2 Å². The maximum Gasteiger partial charge on any atom is 0.327 e. The first kappa shape index (κ1) is 25.5. The molecule has 13 heteroatoms. The largest absolute Gasteiger partial charge is 0.465 e. The number of rotatable bonds is 10. The SMILES string of the molecule is CP(=O)(O)OCOc1ccccc1/N=N/c1ccc(NC(=O)CNC(=O)c2ccccc2)nc1N. The molecule has 0 aliphatic carbocycles. The van der Waals surface area contributed by atoms with Crippen molar-refractivity contribution in [1.29, 1.82) is 0 Å². The molecule has 2 aromatic carbocycles. The van der Waals surface area contributed by atoms with Crippen molar-refractivity contribution in [3.8, 4) is 5.75 Å². The Labute approximate surface area is 200 Å². The molecule has 3 aromatic rings. The highest BCUT2D eigenvalue weighted by molar-refractivity contribution is 7.51. The van der Waals surface area contributed by atoms with E-state index in [0.717, 1.165) is 6.66 Å². The summed E-state index contributed by atoms with van der Waals surface area (Å²) in [6.07, 6.45) is 0. The van der Waals surface area contributed by atoms with Crippen LogP contribution in [0.15, 0.2) is 77.0 Å². The summed E-state index contributed by atoms with van der Waals surface area (Å²) >= 11 is 0. The van der Waals surface area contributed by atoms with Crippen LogP contribution in [-0.4, -0.2) is 41.7 Å². The van der Waals surface area contributed by atoms with Gasteiger partial charge in [-0.25, -0.2) is 4.98 Å². The van der Waals surface area contributed by atoms with Crippen molar-refractivity contribution in [1.82, 2.24) is 10.3 Å². The lowest BCUT2D eigenvalue weighted by molar-refractivity contribution is -0.115. The number of aromatic nitrogens is 1. The highest BCUT2D eigenvalue weighted by Gasteiger charge is 2.12. The van der Waals surface area contributed by atoms with E-state index in [0.29, 0.717) is 11.3 Å². The number of para-hydroxylation sites is 1. The molecule has 1 heterocycles. The van der Waals surface area contributed by atoms with Gasteiger partial charge in [0.25, 0.3) is 5.91 Å². The van der Waals surface area contributed by atoms with Crippen LogP contribution in [0.4, 0.5) is 23.0 Å². The lowest BCUT2D eigenvalue weighted by Gasteiger charge is -2.10. The van der Waals surface area contributed by atoms with Crippen LogP contribution in [0.5, 0.6) is 5.75 Å². The molecule has 35 heavy (non-hydrogen) atoms. The third-order valence-electron chi connectivity index (χ3n) is 4.25. The second-order valence-corrected chi connectivity index (χ2v) is 8.92. The molecule has 5 N–H and O–H groups in total. The molecule has 0 aliphatic rings. The summed E-state index contributed by atoms with van der Waals surface area (Å²) in [5, 5.41) is 13.2. The normalized spacial score (nSPS) is 12.6. The van der Waals surface area contributed by atoms with Crippen LogP contribution in [0.1, 0.15) is 10.4 Å². The van der Waals surface area contributed by atoms with Gasteiger partial charge in [-0.3, -0.25) is 18.7 Å². The molecule has 1 atom stereocenters. The van der Waals surface area contributed by atoms with Gasteiger partial charge >= 0.3 is 7.60 Å². The fourth-order valence-electron chi connectivity index (χ4n) is 2.62. The molecular formula is C22H23N6O6P. The van der Waals surface area contributed by atoms with E-state index in [4.69, 9.17) is 15.0 Å². The van der Waals surface area contributed by atoms with Crippen LogP contribution in [-0.2, 0) is 13.9 Å². The first-order valence-corrected chi connectivity index (χ1v) is 12.2. The summed E-state index contributed by atoms with van der Waals surface area (Å²) < 4.78 is 21.2. The standard InChI is InChI=1S/C22H23N6O6P/c1-35(31,32)34-14-33-18-10-6-5-9-16(18)27-28-17-11-12-19(26-21(17)23)25-20(29)13-24-22(30)15-7-3-2-4-8-15/h2-12H,13-14H2,1H3,(H,24,30)(H,31,32)(H3,23,25,26,29)/b28-27+. The van der Waals surface area contributed by atoms with Gasteiger partial charge in [0.1, 0.15) is 22.9 Å².